The van der Waals surface area contributed by atoms with Gasteiger partial charge in [-0.25, -0.2) is 0 Å². The molecule has 2 rings (SSSR count). The van der Waals surface area contributed by atoms with Crippen molar-refractivity contribution in [2.45, 2.75) is 25.4 Å². The van der Waals surface area contributed by atoms with Crippen LogP contribution in [0.2, 0.25) is 0 Å². The van der Waals surface area contributed by atoms with E-state index in [1.165, 1.54) is 0 Å². The summed E-state index contributed by atoms with van der Waals surface area (Å²) in [5.41, 5.74) is -2.17. The summed E-state index contributed by atoms with van der Waals surface area (Å²) in [4.78, 5) is 24.5. The lowest BCUT2D eigenvalue weighted by Gasteiger charge is -2.28. The second kappa shape index (κ2) is 5.62. The highest BCUT2D eigenvalue weighted by Gasteiger charge is 2.64. The van der Waals surface area contributed by atoms with E-state index in [9.17, 15) is 22.8 Å². The Bertz CT molecular complexity index is 573. The lowest BCUT2D eigenvalue weighted by molar-refractivity contribution is -0.227. The third-order valence-electron chi connectivity index (χ3n) is 4.20. The van der Waals surface area contributed by atoms with Crippen molar-refractivity contribution in [1.82, 2.24) is 4.90 Å². The van der Waals surface area contributed by atoms with Gasteiger partial charge in [-0.2, -0.15) is 13.2 Å². The van der Waals surface area contributed by atoms with Gasteiger partial charge in [0.25, 0.3) is 0 Å². The minimum atomic E-state index is -4.89. The van der Waals surface area contributed by atoms with Gasteiger partial charge in [0.05, 0.1) is 5.92 Å². The Morgan fingerprint density at radius 1 is 1.27 bits per heavy atom. The van der Waals surface area contributed by atoms with Gasteiger partial charge in [-0.3, -0.25) is 9.59 Å². The summed E-state index contributed by atoms with van der Waals surface area (Å²) in [7, 11) is 0. The molecule has 1 heterocycles. The normalized spacial score (nSPS) is 23.4. The van der Waals surface area contributed by atoms with E-state index in [1.54, 1.807) is 37.3 Å². The molecule has 1 aliphatic heterocycles. The SMILES string of the molecule is CC(C(=O)N1CCC(C(=O)O)(C(F)(F)F)C1)c1ccccc1. The summed E-state index contributed by atoms with van der Waals surface area (Å²) in [6.07, 6.45) is -5.50. The van der Waals surface area contributed by atoms with Gasteiger partial charge < -0.3 is 10.0 Å². The fraction of sp³-hybridized carbons (Fsp3) is 0.467. The fourth-order valence-electron chi connectivity index (χ4n) is 2.68. The Labute approximate surface area is 125 Å². The molecule has 120 valence electrons. The first kappa shape index (κ1) is 16.3. The van der Waals surface area contributed by atoms with Crippen molar-refractivity contribution < 1.29 is 27.9 Å². The zero-order chi connectivity index (χ0) is 16.5. The van der Waals surface area contributed by atoms with Crippen molar-refractivity contribution >= 4 is 11.9 Å². The molecule has 1 aromatic carbocycles. The first-order chi connectivity index (χ1) is 10.2. The van der Waals surface area contributed by atoms with Crippen LogP contribution in [0.5, 0.6) is 0 Å². The number of carboxylic acids is 1. The van der Waals surface area contributed by atoms with Crippen LogP contribution in [0.3, 0.4) is 0 Å². The number of halogens is 3. The third kappa shape index (κ3) is 2.67. The number of likely N-dealkylation sites (tertiary alicyclic amines) is 1. The number of benzene rings is 1. The number of aliphatic carboxylic acids is 1. The number of alkyl halides is 3. The minimum Gasteiger partial charge on any atom is -0.481 e. The van der Waals surface area contributed by atoms with E-state index in [1.807, 2.05) is 0 Å². The highest BCUT2D eigenvalue weighted by molar-refractivity contribution is 5.85. The molecule has 2 atom stereocenters. The van der Waals surface area contributed by atoms with Crippen LogP contribution >= 0.6 is 0 Å². The Morgan fingerprint density at radius 3 is 2.32 bits per heavy atom. The summed E-state index contributed by atoms with van der Waals surface area (Å²) < 4.78 is 39.3. The maximum atomic E-state index is 13.1. The van der Waals surface area contributed by atoms with Gasteiger partial charge in [0.15, 0.2) is 5.41 Å². The summed E-state index contributed by atoms with van der Waals surface area (Å²) in [6.45, 7) is 0.565. The number of carbonyl (C=O) groups is 2. The molecule has 0 spiro atoms. The van der Waals surface area contributed by atoms with E-state index in [-0.39, 0.29) is 6.54 Å². The maximum Gasteiger partial charge on any atom is 0.406 e. The molecule has 0 radical (unpaired) electrons. The van der Waals surface area contributed by atoms with Crippen molar-refractivity contribution in [2.24, 2.45) is 5.41 Å². The molecular formula is C15H16F3NO3. The van der Waals surface area contributed by atoms with Gasteiger partial charge >= 0.3 is 12.1 Å². The van der Waals surface area contributed by atoms with Crippen LogP contribution in [0, 0.1) is 5.41 Å². The van der Waals surface area contributed by atoms with Crippen LogP contribution in [-0.2, 0) is 9.59 Å². The molecule has 4 nitrogen and oxygen atoms in total. The van der Waals surface area contributed by atoms with Crippen molar-refractivity contribution in [2.75, 3.05) is 13.1 Å². The third-order valence-corrected chi connectivity index (χ3v) is 4.20. The van der Waals surface area contributed by atoms with Gasteiger partial charge in [-0.05, 0) is 18.9 Å². The highest BCUT2D eigenvalue weighted by Crippen LogP contribution is 2.46. The molecule has 1 amide bonds. The Hall–Kier alpha value is -2.05. The van der Waals surface area contributed by atoms with Gasteiger partial charge in [0, 0.05) is 13.1 Å². The van der Waals surface area contributed by atoms with Crippen LogP contribution < -0.4 is 0 Å². The average Bonchev–Trinajstić information content (AvgIpc) is 2.93. The topological polar surface area (TPSA) is 57.6 Å². The van der Waals surface area contributed by atoms with Crippen LogP contribution in [0.4, 0.5) is 13.2 Å². The molecule has 0 saturated carbocycles. The van der Waals surface area contributed by atoms with Crippen molar-refractivity contribution in [3.05, 3.63) is 35.9 Å². The largest absolute Gasteiger partial charge is 0.481 e. The molecule has 2 unspecified atom stereocenters. The summed E-state index contributed by atoms with van der Waals surface area (Å²) in [5.74, 6) is -3.03. The quantitative estimate of drug-likeness (QED) is 0.933. The van der Waals surface area contributed by atoms with Crippen LogP contribution in [0.15, 0.2) is 30.3 Å². The van der Waals surface area contributed by atoms with Crippen molar-refractivity contribution in [1.29, 1.82) is 0 Å². The lowest BCUT2D eigenvalue weighted by atomic mass is 9.86. The van der Waals surface area contributed by atoms with E-state index >= 15 is 0 Å². The van der Waals surface area contributed by atoms with Gasteiger partial charge in [-0.1, -0.05) is 30.3 Å². The number of carboxylic acid groups (broad SMARTS) is 1. The predicted octanol–water partition coefficient (Wildman–Crippen LogP) is 2.66. The molecule has 1 saturated heterocycles. The van der Waals surface area contributed by atoms with Gasteiger partial charge in [0.2, 0.25) is 5.91 Å². The molecule has 1 fully saturated rings. The lowest BCUT2D eigenvalue weighted by Crippen LogP contribution is -2.48. The van der Waals surface area contributed by atoms with Gasteiger partial charge in [-0.15, -0.1) is 0 Å². The van der Waals surface area contributed by atoms with Crippen molar-refractivity contribution in [3.63, 3.8) is 0 Å². The van der Waals surface area contributed by atoms with Crippen LogP contribution in [-0.4, -0.2) is 41.1 Å². The highest BCUT2D eigenvalue weighted by atomic mass is 19.4. The zero-order valence-corrected chi connectivity index (χ0v) is 11.9. The van der Waals surface area contributed by atoms with E-state index in [4.69, 9.17) is 5.11 Å². The fourth-order valence-corrected chi connectivity index (χ4v) is 2.68. The molecule has 1 N–H and O–H groups in total. The number of nitrogens with zero attached hydrogens (tertiary/aromatic N) is 1. The first-order valence-corrected chi connectivity index (χ1v) is 6.83. The second-order valence-electron chi connectivity index (χ2n) is 5.53. The van der Waals surface area contributed by atoms with Crippen LogP contribution in [0.1, 0.15) is 24.8 Å². The molecular weight excluding hydrogens is 299 g/mol. The Morgan fingerprint density at radius 2 is 1.86 bits per heavy atom. The molecule has 22 heavy (non-hydrogen) atoms. The summed E-state index contributed by atoms with van der Waals surface area (Å²) in [5, 5.41) is 9.00. The predicted molar refractivity (Wildman–Crippen MR) is 72.2 cm³/mol. The van der Waals surface area contributed by atoms with Crippen LogP contribution in [0.25, 0.3) is 0 Å². The van der Waals surface area contributed by atoms with E-state index in [0.717, 1.165) is 4.90 Å². The second-order valence-corrected chi connectivity index (χ2v) is 5.53. The van der Waals surface area contributed by atoms with E-state index < -0.39 is 42.4 Å². The van der Waals surface area contributed by atoms with Gasteiger partial charge in [0.1, 0.15) is 0 Å². The Balaban J connectivity index is 2.19. The molecule has 1 aromatic rings. The number of amides is 1. The molecule has 1 aliphatic rings. The smallest absolute Gasteiger partial charge is 0.406 e. The van der Waals surface area contributed by atoms with E-state index in [0.29, 0.717) is 5.56 Å². The van der Waals surface area contributed by atoms with Crippen molar-refractivity contribution in [3.8, 4) is 0 Å². The Kier molecular flexibility index (Phi) is 4.17. The standard InChI is InChI=1S/C15H16F3NO3/c1-10(11-5-3-2-4-6-11)12(20)19-8-7-14(9-19,13(21)22)15(16,17)18/h2-6,10H,7-9H2,1H3,(H,21,22). The van der Waals surface area contributed by atoms with E-state index in [2.05, 4.69) is 0 Å². The first-order valence-electron chi connectivity index (χ1n) is 6.83. The summed E-state index contributed by atoms with van der Waals surface area (Å²) >= 11 is 0. The minimum absolute atomic E-state index is 0.207. The molecule has 7 heteroatoms. The monoisotopic (exact) mass is 315 g/mol. The zero-order valence-electron chi connectivity index (χ0n) is 11.9. The average molecular weight is 315 g/mol. The number of hydrogen-bond donors (Lipinski definition) is 1. The molecule has 0 bridgehead atoms. The molecule has 0 aromatic heterocycles. The maximum absolute atomic E-state index is 13.1. The number of hydrogen-bond acceptors (Lipinski definition) is 2. The summed E-state index contributed by atoms with van der Waals surface area (Å²) in [6, 6.07) is 8.68. The number of rotatable bonds is 3. The molecule has 0 aliphatic carbocycles. The number of carbonyl (C=O) groups excluding carboxylic acids is 1.